The molecule has 2 N–H and O–H groups in total. The number of likely N-dealkylation sites (N-methyl/N-ethyl adjacent to an activating group) is 1. The number of aromatic nitrogens is 1. The van der Waals surface area contributed by atoms with E-state index in [9.17, 15) is 14.4 Å². The van der Waals surface area contributed by atoms with Gasteiger partial charge in [-0.05, 0) is 45.2 Å². The molecule has 0 saturated carbocycles. The molecule has 0 spiro atoms. The maximum absolute atomic E-state index is 11.9. The van der Waals surface area contributed by atoms with Gasteiger partial charge in [0.2, 0.25) is 5.78 Å². The summed E-state index contributed by atoms with van der Waals surface area (Å²) in [5.41, 5.74) is 0.298. The van der Waals surface area contributed by atoms with Crippen LogP contribution < -0.4 is 10.6 Å². The van der Waals surface area contributed by atoms with Crippen molar-refractivity contribution in [1.29, 1.82) is 0 Å². The molecule has 0 fully saturated rings. The van der Waals surface area contributed by atoms with Gasteiger partial charge in [0.1, 0.15) is 3.79 Å². The van der Waals surface area contributed by atoms with Crippen molar-refractivity contribution in [3.8, 4) is 0 Å². The van der Waals surface area contributed by atoms with Gasteiger partial charge in [-0.3, -0.25) is 14.4 Å². The van der Waals surface area contributed by atoms with Crippen LogP contribution in [0.25, 0.3) is 0 Å². The summed E-state index contributed by atoms with van der Waals surface area (Å²) in [7, 11) is 1.41. The third-order valence-corrected chi connectivity index (χ3v) is 4.59. The summed E-state index contributed by atoms with van der Waals surface area (Å²) in [5, 5.41) is 5.00. The second kappa shape index (κ2) is 7.84. The first-order chi connectivity index (χ1) is 9.35. The molecule has 110 valence electrons. The van der Waals surface area contributed by atoms with Crippen molar-refractivity contribution in [3.05, 3.63) is 13.4 Å². The first-order valence-electron chi connectivity index (χ1n) is 5.72. The molecule has 0 radical (unpaired) electrons. The molecule has 9 heteroatoms. The van der Waals surface area contributed by atoms with Crippen molar-refractivity contribution in [2.24, 2.45) is 0 Å². The van der Waals surface area contributed by atoms with E-state index in [2.05, 4.69) is 47.5 Å². The third-order valence-electron chi connectivity index (χ3n) is 2.44. The molecule has 1 aromatic rings. The van der Waals surface area contributed by atoms with E-state index in [-0.39, 0.29) is 18.4 Å². The number of carbonyl (C=O) groups excluding carboxylic acids is 3. The van der Waals surface area contributed by atoms with Gasteiger partial charge in [-0.1, -0.05) is 11.3 Å². The minimum Gasteiger partial charge on any atom is -0.353 e. The molecule has 1 aromatic heterocycles. The minimum absolute atomic E-state index is 0.0864. The summed E-state index contributed by atoms with van der Waals surface area (Å²) in [6.07, 6.45) is 0.476. The standard InChI is InChI=1S/C11H13Br2N3O3S/c1-5(3-4-6(17)9(18)14-2)15-10(19)7-8(12)20-11(13)16-7/h5H,3-4H2,1-2H3,(H,14,18)(H,15,19). The molecule has 0 aliphatic heterocycles. The molecule has 1 atom stereocenters. The van der Waals surface area contributed by atoms with E-state index in [1.807, 2.05) is 0 Å². The number of carbonyl (C=O) groups is 3. The van der Waals surface area contributed by atoms with Crippen molar-refractivity contribution in [1.82, 2.24) is 15.6 Å². The Bertz CT molecular complexity index is 533. The number of thiazole rings is 1. The summed E-state index contributed by atoms with van der Waals surface area (Å²) >= 11 is 7.76. The predicted octanol–water partition coefficient (Wildman–Crippen LogP) is 1.88. The van der Waals surface area contributed by atoms with Crippen LogP contribution in [0.15, 0.2) is 7.70 Å². The number of rotatable bonds is 6. The average Bonchev–Trinajstić information content (AvgIpc) is 2.74. The van der Waals surface area contributed by atoms with Gasteiger partial charge in [0.05, 0.1) is 0 Å². The first-order valence-corrected chi connectivity index (χ1v) is 8.13. The highest BCUT2D eigenvalue weighted by Gasteiger charge is 2.19. The number of halogens is 2. The molecule has 0 aromatic carbocycles. The maximum atomic E-state index is 11.9. The fourth-order valence-electron chi connectivity index (χ4n) is 1.38. The third kappa shape index (κ3) is 4.95. The lowest BCUT2D eigenvalue weighted by Gasteiger charge is -2.12. The SMILES string of the molecule is CNC(=O)C(=O)CCC(C)NC(=O)c1nc(Br)sc1Br. The molecular formula is C11H13Br2N3O3S. The zero-order valence-corrected chi connectivity index (χ0v) is 14.8. The zero-order valence-electron chi connectivity index (χ0n) is 10.8. The largest absolute Gasteiger partial charge is 0.353 e. The smallest absolute Gasteiger partial charge is 0.287 e. The highest BCUT2D eigenvalue weighted by molar-refractivity contribution is 9.12. The Morgan fingerprint density at radius 2 is 2.00 bits per heavy atom. The maximum Gasteiger partial charge on any atom is 0.287 e. The molecular weight excluding hydrogens is 414 g/mol. The summed E-state index contributed by atoms with van der Waals surface area (Å²) in [4.78, 5) is 38.4. The van der Waals surface area contributed by atoms with Crippen molar-refractivity contribution in [3.63, 3.8) is 0 Å². The van der Waals surface area contributed by atoms with Crippen LogP contribution in [0.1, 0.15) is 30.3 Å². The first kappa shape index (κ1) is 17.3. The van der Waals surface area contributed by atoms with Gasteiger partial charge in [-0.2, -0.15) is 0 Å². The van der Waals surface area contributed by atoms with E-state index in [0.717, 1.165) is 0 Å². The number of hydrogen-bond donors (Lipinski definition) is 2. The van der Waals surface area contributed by atoms with Crippen LogP contribution in [0.4, 0.5) is 0 Å². The lowest BCUT2D eigenvalue weighted by Crippen LogP contribution is -2.34. The Balaban J connectivity index is 2.48. The van der Waals surface area contributed by atoms with Crippen LogP contribution in [-0.4, -0.2) is 35.7 Å². The predicted molar refractivity (Wildman–Crippen MR) is 82.7 cm³/mol. The molecule has 0 aliphatic rings. The average molecular weight is 427 g/mol. The normalized spacial score (nSPS) is 11.8. The molecule has 2 amide bonds. The lowest BCUT2D eigenvalue weighted by atomic mass is 10.1. The molecule has 20 heavy (non-hydrogen) atoms. The summed E-state index contributed by atoms with van der Waals surface area (Å²) < 4.78 is 1.24. The molecule has 0 aliphatic carbocycles. The highest BCUT2D eigenvalue weighted by Crippen LogP contribution is 2.28. The molecule has 1 rings (SSSR count). The van der Waals surface area contributed by atoms with Gasteiger partial charge >= 0.3 is 0 Å². The molecule has 1 unspecified atom stereocenters. The molecule has 1 heterocycles. The van der Waals surface area contributed by atoms with Crippen LogP contribution >= 0.6 is 43.2 Å². The van der Waals surface area contributed by atoms with E-state index in [4.69, 9.17) is 0 Å². The van der Waals surface area contributed by atoms with Gasteiger partial charge in [-0.15, -0.1) is 0 Å². The summed E-state index contributed by atoms with van der Waals surface area (Å²) in [6.45, 7) is 1.77. The molecule has 0 bridgehead atoms. The van der Waals surface area contributed by atoms with Gasteiger partial charge < -0.3 is 10.6 Å². The monoisotopic (exact) mass is 425 g/mol. The second-order valence-corrected chi connectivity index (χ2v) is 7.60. The van der Waals surface area contributed by atoms with E-state index < -0.39 is 11.7 Å². The zero-order chi connectivity index (χ0) is 15.3. The topological polar surface area (TPSA) is 88.2 Å². The van der Waals surface area contributed by atoms with Crippen LogP contribution in [0, 0.1) is 0 Å². The highest BCUT2D eigenvalue weighted by atomic mass is 79.9. The van der Waals surface area contributed by atoms with Gasteiger partial charge in [0, 0.05) is 19.5 Å². The number of Topliss-reactive ketones (excluding diaryl/α,β-unsaturated/α-hetero) is 1. The Hall–Kier alpha value is -0.800. The van der Waals surface area contributed by atoms with Crippen LogP contribution in [-0.2, 0) is 9.59 Å². The second-order valence-electron chi connectivity index (χ2n) is 4.00. The van der Waals surface area contributed by atoms with Crippen LogP contribution in [0.2, 0.25) is 0 Å². The van der Waals surface area contributed by atoms with Crippen molar-refractivity contribution in [2.75, 3.05) is 7.05 Å². The number of hydrogen-bond acceptors (Lipinski definition) is 5. The molecule has 6 nitrogen and oxygen atoms in total. The number of nitrogens with zero attached hydrogens (tertiary/aromatic N) is 1. The van der Waals surface area contributed by atoms with E-state index in [1.165, 1.54) is 18.4 Å². The molecule has 0 saturated heterocycles. The summed E-state index contributed by atoms with van der Waals surface area (Å²) in [5.74, 6) is -1.43. The van der Waals surface area contributed by atoms with E-state index >= 15 is 0 Å². The fraction of sp³-hybridized carbons (Fsp3) is 0.455. The van der Waals surface area contributed by atoms with E-state index in [1.54, 1.807) is 6.92 Å². The summed E-state index contributed by atoms with van der Waals surface area (Å²) in [6, 6.07) is -0.233. The van der Waals surface area contributed by atoms with Gasteiger partial charge in [0.15, 0.2) is 9.61 Å². The van der Waals surface area contributed by atoms with Crippen molar-refractivity contribution < 1.29 is 14.4 Å². The van der Waals surface area contributed by atoms with Crippen LogP contribution in [0.3, 0.4) is 0 Å². The van der Waals surface area contributed by atoms with Gasteiger partial charge in [-0.25, -0.2) is 4.98 Å². The van der Waals surface area contributed by atoms with E-state index in [0.29, 0.717) is 19.8 Å². The minimum atomic E-state index is -0.616. The van der Waals surface area contributed by atoms with Crippen molar-refractivity contribution in [2.45, 2.75) is 25.8 Å². The Morgan fingerprint density at radius 3 is 2.50 bits per heavy atom. The lowest BCUT2D eigenvalue weighted by molar-refractivity contribution is -0.137. The Kier molecular flexibility index (Phi) is 6.77. The Labute approximate surface area is 137 Å². The fourth-order valence-corrected chi connectivity index (χ4v) is 3.94. The number of nitrogens with one attached hydrogen (secondary N) is 2. The van der Waals surface area contributed by atoms with Gasteiger partial charge in [0.25, 0.3) is 11.8 Å². The quantitative estimate of drug-likeness (QED) is 0.679. The number of amides is 2. The van der Waals surface area contributed by atoms with Crippen molar-refractivity contribution >= 4 is 60.8 Å². The Morgan fingerprint density at radius 1 is 1.35 bits per heavy atom. The number of ketones is 1. The van der Waals surface area contributed by atoms with Crippen LogP contribution in [0.5, 0.6) is 0 Å².